The van der Waals surface area contributed by atoms with Gasteiger partial charge >= 0.3 is 6.09 Å². The van der Waals surface area contributed by atoms with Gasteiger partial charge in [0.2, 0.25) is 0 Å². The third-order valence-corrected chi connectivity index (χ3v) is 2.02. The van der Waals surface area contributed by atoms with Crippen LogP contribution in [0.1, 0.15) is 31.1 Å². The summed E-state index contributed by atoms with van der Waals surface area (Å²) in [6, 6.07) is 2.55. The largest absolute Gasteiger partial charge is 0.444 e. The second kappa shape index (κ2) is 5.77. The van der Waals surface area contributed by atoms with Gasteiger partial charge in [0.25, 0.3) is 0 Å². The van der Waals surface area contributed by atoms with Gasteiger partial charge in [0.05, 0.1) is 12.1 Å². The highest BCUT2D eigenvalue weighted by atomic mass is 19.1. The normalized spacial score (nSPS) is 11.0. The van der Waals surface area contributed by atoms with Gasteiger partial charge in [-0.05, 0) is 39.0 Å². The van der Waals surface area contributed by atoms with E-state index in [-0.39, 0.29) is 0 Å². The van der Waals surface area contributed by atoms with E-state index in [1.54, 1.807) is 20.8 Å². The fourth-order valence-corrected chi connectivity index (χ4v) is 1.27. The molecule has 0 saturated carbocycles. The van der Waals surface area contributed by atoms with Crippen LogP contribution in [0.2, 0.25) is 0 Å². The van der Waals surface area contributed by atoms with E-state index in [0.717, 1.165) is 18.2 Å². The third kappa shape index (κ3) is 5.03. The van der Waals surface area contributed by atoms with Gasteiger partial charge in [0, 0.05) is 0 Å². The Labute approximate surface area is 109 Å². The molecular weight excluding hydrogens is 256 g/mol. The van der Waals surface area contributed by atoms with Crippen LogP contribution in [0.3, 0.4) is 0 Å². The molecule has 0 fully saturated rings. The summed E-state index contributed by atoms with van der Waals surface area (Å²) in [5.41, 5.74) is -1.10. The van der Waals surface area contributed by atoms with Crippen molar-refractivity contribution in [2.45, 2.75) is 26.4 Å². The Morgan fingerprint density at radius 1 is 1.26 bits per heavy atom. The average molecular weight is 271 g/mol. The van der Waals surface area contributed by atoms with Gasteiger partial charge in [0.15, 0.2) is 5.78 Å². The molecule has 6 heteroatoms. The highest BCUT2D eigenvalue weighted by molar-refractivity contribution is 5.99. The molecule has 1 amide bonds. The van der Waals surface area contributed by atoms with E-state index < -0.39 is 41.2 Å². The van der Waals surface area contributed by atoms with Crippen LogP contribution < -0.4 is 5.32 Å². The van der Waals surface area contributed by atoms with Crippen molar-refractivity contribution >= 4 is 11.9 Å². The molecule has 19 heavy (non-hydrogen) atoms. The lowest BCUT2D eigenvalue weighted by molar-refractivity contribution is 0.0520. The van der Waals surface area contributed by atoms with Gasteiger partial charge in [-0.25, -0.2) is 13.6 Å². The molecule has 0 aromatic heterocycles. The molecule has 4 nitrogen and oxygen atoms in total. The number of ether oxygens (including phenoxy) is 1. The van der Waals surface area contributed by atoms with Crippen LogP contribution in [0, 0.1) is 11.6 Å². The molecule has 104 valence electrons. The molecule has 1 aromatic carbocycles. The van der Waals surface area contributed by atoms with Crippen molar-refractivity contribution in [1.29, 1.82) is 0 Å². The van der Waals surface area contributed by atoms with Crippen LogP contribution >= 0.6 is 0 Å². The highest BCUT2D eigenvalue weighted by Crippen LogP contribution is 2.10. The van der Waals surface area contributed by atoms with E-state index >= 15 is 0 Å². The Kier molecular flexibility index (Phi) is 4.58. The van der Waals surface area contributed by atoms with Gasteiger partial charge in [-0.15, -0.1) is 0 Å². The number of ketones is 1. The van der Waals surface area contributed by atoms with E-state index in [0.29, 0.717) is 0 Å². The zero-order chi connectivity index (χ0) is 14.6. The molecule has 1 aromatic rings. The van der Waals surface area contributed by atoms with E-state index in [4.69, 9.17) is 4.74 Å². The van der Waals surface area contributed by atoms with Gasteiger partial charge in [-0.3, -0.25) is 4.79 Å². The number of rotatable bonds is 3. The van der Waals surface area contributed by atoms with Crippen molar-refractivity contribution in [1.82, 2.24) is 5.32 Å². The molecule has 0 unspecified atom stereocenters. The summed E-state index contributed by atoms with van der Waals surface area (Å²) in [4.78, 5) is 22.9. The second-order valence-electron chi connectivity index (χ2n) is 4.90. The lowest BCUT2D eigenvalue weighted by atomic mass is 10.1. The van der Waals surface area contributed by atoms with E-state index in [9.17, 15) is 18.4 Å². The van der Waals surface area contributed by atoms with Crippen LogP contribution in [-0.2, 0) is 4.74 Å². The predicted molar refractivity (Wildman–Crippen MR) is 64.9 cm³/mol. The average Bonchev–Trinajstić information content (AvgIpc) is 2.27. The molecule has 0 radical (unpaired) electrons. The maximum absolute atomic E-state index is 13.3. The first kappa shape index (κ1) is 15.1. The zero-order valence-corrected chi connectivity index (χ0v) is 10.9. The maximum Gasteiger partial charge on any atom is 0.408 e. The Hall–Kier alpha value is -1.98. The summed E-state index contributed by atoms with van der Waals surface area (Å²) in [6.07, 6.45) is -0.794. The van der Waals surface area contributed by atoms with Gasteiger partial charge < -0.3 is 10.1 Å². The number of halogens is 2. The summed E-state index contributed by atoms with van der Waals surface area (Å²) in [5.74, 6) is -2.29. The molecule has 0 aliphatic rings. The minimum absolute atomic E-state index is 0.406. The third-order valence-electron chi connectivity index (χ3n) is 2.02. The molecule has 0 aliphatic heterocycles. The van der Waals surface area contributed by atoms with Crippen molar-refractivity contribution in [3.05, 3.63) is 35.4 Å². The summed E-state index contributed by atoms with van der Waals surface area (Å²) < 4.78 is 31.1. The molecular formula is C13H15F2NO3. The Balaban J connectivity index is 2.61. The number of hydrogen-bond donors (Lipinski definition) is 1. The SMILES string of the molecule is CC(C)(C)OC(=O)NCC(=O)c1cc(F)ccc1F. The van der Waals surface area contributed by atoms with Crippen LogP contribution in [0.25, 0.3) is 0 Å². The minimum atomic E-state index is -0.836. The van der Waals surface area contributed by atoms with Crippen molar-refractivity contribution < 1.29 is 23.1 Å². The van der Waals surface area contributed by atoms with Crippen molar-refractivity contribution in [2.24, 2.45) is 0 Å². The number of hydrogen-bond acceptors (Lipinski definition) is 3. The first-order valence-electron chi connectivity index (χ1n) is 5.64. The maximum atomic E-state index is 13.3. The smallest absolute Gasteiger partial charge is 0.408 e. The quantitative estimate of drug-likeness (QED) is 0.860. The minimum Gasteiger partial charge on any atom is -0.444 e. The molecule has 0 saturated heterocycles. The standard InChI is InChI=1S/C13H15F2NO3/c1-13(2,3)19-12(18)16-7-11(17)9-6-8(14)4-5-10(9)15/h4-6H,7H2,1-3H3,(H,16,18). The lowest BCUT2D eigenvalue weighted by Gasteiger charge is -2.19. The zero-order valence-electron chi connectivity index (χ0n) is 10.9. The number of Topliss-reactive ketones (excluding diaryl/α,β-unsaturated/α-hetero) is 1. The van der Waals surface area contributed by atoms with E-state index in [1.807, 2.05) is 0 Å². The summed E-state index contributed by atoms with van der Waals surface area (Å²) in [7, 11) is 0. The van der Waals surface area contributed by atoms with Gasteiger partial charge in [-0.1, -0.05) is 0 Å². The van der Waals surface area contributed by atoms with Crippen molar-refractivity contribution in [3.8, 4) is 0 Å². The molecule has 0 bridgehead atoms. The molecule has 1 N–H and O–H groups in total. The summed E-state index contributed by atoms with van der Waals surface area (Å²) in [5, 5.41) is 2.18. The molecule has 0 aliphatic carbocycles. The summed E-state index contributed by atoms with van der Waals surface area (Å²) >= 11 is 0. The fraction of sp³-hybridized carbons (Fsp3) is 0.385. The number of carbonyl (C=O) groups is 2. The molecule has 0 spiro atoms. The van der Waals surface area contributed by atoms with Crippen LogP contribution in [-0.4, -0.2) is 24.0 Å². The Morgan fingerprint density at radius 2 is 1.89 bits per heavy atom. The number of benzene rings is 1. The predicted octanol–water partition coefficient (Wildman–Crippen LogP) is 2.67. The van der Waals surface area contributed by atoms with Crippen molar-refractivity contribution in [3.63, 3.8) is 0 Å². The first-order valence-corrected chi connectivity index (χ1v) is 5.64. The highest BCUT2D eigenvalue weighted by Gasteiger charge is 2.18. The topological polar surface area (TPSA) is 55.4 Å². The number of carbonyl (C=O) groups excluding carboxylic acids is 2. The van der Waals surface area contributed by atoms with Gasteiger partial charge in [0.1, 0.15) is 17.2 Å². The number of alkyl carbamates (subject to hydrolysis) is 1. The number of nitrogens with one attached hydrogen (secondary N) is 1. The second-order valence-corrected chi connectivity index (χ2v) is 4.90. The van der Waals surface area contributed by atoms with Gasteiger partial charge in [-0.2, -0.15) is 0 Å². The first-order chi connectivity index (χ1) is 8.69. The van der Waals surface area contributed by atoms with Crippen LogP contribution in [0.15, 0.2) is 18.2 Å². The summed E-state index contributed by atoms with van der Waals surface area (Å²) in [6.45, 7) is 4.54. The fourth-order valence-electron chi connectivity index (χ4n) is 1.27. The van der Waals surface area contributed by atoms with E-state index in [1.165, 1.54) is 0 Å². The Morgan fingerprint density at radius 3 is 2.47 bits per heavy atom. The molecule has 0 heterocycles. The Bertz CT molecular complexity index is 495. The van der Waals surface area contributed by atoms with Crippen molar-refractivity contribution in [2.75, 3.05) is 6.54 Å². The number of amides is 1. The van der Waals surface area contributed by atoms with E-state index in [2.05, 4.69) is 5.32 Å². The molecule has 1 rings (SSSR count). The van der Waals surface area contributed by atoms with Crippen LogP contribution in [0.4, 0.5) is 13.6 Å². The van der Waals surface area contributed by atoms with Crippen LogP contribution in [0.5, 0.6) is 0 Å². The monoisotopic (exact) mass is 271 g/mol. The lowest BCUT2D eigenvalue weighted by Crippen LogP contribution is -2.35. The molecule has 0 atom stereocenters.